The van der Waals surface area contributed by atoms with Crippen molar-refractivity contribution in [3.05, 3.63) is 59.5 Å². The van der Waals surface area contributed by atoms with Gasteiger partial charge in [0.15, 0.2) is 0 Å². The highest BCUT2D eigenvalue weighted by molar-refractivity contribution is 7.20. The molecule has 1 aliphatic heterocycles. The molecule has 5 rings (SSSR count). The Labute approximate surface area is 165 Å². The molecule has 0 unspecified atom stereocenters. The number of nitrogens with zero attached hydrogens (tertiary/aromatic N) is 4. The van der Waals surface area contributed by atoms with Crippen LogP contribution in [0.25, 0.3) is 15.3 Å². The maximum atomic E-state index is 12.5. The predicted molar refractivity (Wildman–Crippen MR) is 107 cm³/mol. The van der Waals surface area contributed by atoms with E-state index in [4.69, 9.17) is 14.8 Å². The molecule has 0 bridgehead atoms. The van der Waals surface area contributed by atoms with Gasteiger partial charge in [0, 0.05) is 30.3 Å². The van der Waals surface area contributed by atoms with Gasteiger partial charge in [0.25, 0.3) is 0 Å². The standard InChI is InChI=1S/C20H17N5O2S/c1-11-18-14(12-5-7-21-8-6-12)10-17(26)23-19(18)25(24-11)20-22-15-4-3-13(27-2)9-16(15)28-20/h3-9,14H,10H2,1-2H3,(H,23,26)/t14-/m0/s1. The minimum absolute atomic E-state index is 0.0294. The number of rotatable bonds is 3. The number of aryl methyl sites for hydroxylation is 1. The van der Waals surface area contributed by atoms with Gasteiger partial charge in [0.1, 0.15) is 11.6 Å². The number of hydrogen-bond acceptors (Lipinski definition) is 6. The van der Waals surface area contributed by atoms with E-state index in [0.717, 1.165) is 32.8 Å². The van der Waals surface area contributed by atoms with Gasteiger partial charge in [0.2, 0.25) is 11.0 Å². The molecule has 140 valence electrons. The Balaban J connectivity index is 1.66. The highest BCUT2D eigenvalue weighted by Crippen LogP contribution is 2.41. The van der Waals surface area contributed by atoms with Gasteiger partial charge >= 0.3 is 0 Å². The van der Waals surface area contributed by atoms with Gasteiger partial charge in [-0.15, -0.1) is 0 Å². The quantitative estimate of drug-likeness (QED) is 0.576. The summed E-state index contributed by atoms with van der Waals surface area (Å²) < 4.78 is 8.05. The van der Waals surface area contributed by atoms with E-state index in [9.17, 15) is 4.79 Å². The summed E-state index contributed by atoms with van der Waals surface area (Å²) in [6.07, 6.45) is 3.89. The number of pyridine rings is 1. The van der Waals surface area contributed by atoms with E-state index >= 15 is 0 Å². The molecule has 8 heteroatoms. The van der Waals surface area contributed by atoms with Crippen molar-refractivity contribution in [2.75, 3.05) is 12.4 Å². The van der Waals surface area contributed by atoms with Crippen LogP contribution in [0.2, 0.25) is 0 Å². The summed E-state index contributed by atoms with van der Waals surface area (Å²) in [6, 6.07) is 9.67. The van der Waals surface area contributed by atoms with E-state index in [1.165, 1.54) is 11.3 Å². The zero-order valence-electron chi connectivity index (χ0n) is 15.3. The lowest BCUT2D eigenvalue weighted by Gasteiger charge is -2.23. The number of nitrogens with one attached hydrogen (secondary N) is 1. The van der Waals surface area contributed by atoms with Crippen molar-refractivity contribution < 1.29 is 9.53 Å². The van der Waals surface area contributed by atoms with Crippen molar-refractivity contribution in [1.29, 1.82) is 0 Å². The summed E-state index contributed by atoms with van der Waals surface area (Å²) in [6.45, 7) is 1.97. The van der Waals surface area contributed by atoms with E-state index in [1.54, 1.807) is 24.2 Å². The number of ether oxygens (including phenoxy) is 1. The lowest BCUT2D eigenvalue weighted by atomic mass is 9.86. The number of aromatic nitrogens is 4. The summed E-state index contributed by atoms with van der Waals surface area (Å²) in [5.41, 5.74) is 3.84. The first-order chi connectivity index (χ1) is 13.6. The number of carbonyl (C=O) groups excluding carboxylic acids is 1. The second-order valence-corrected chi connectivity index (χ2v) is 7.68. The van der Waals surface area contributed by atoms with Crippen LogP contribution in [0.3, 0.4) is 0 Å². The minimum atomic E-state index is -0.0463. The SMILES string of the molecule is COc1ccc2nc(-n3nc(C)c4c3NC(=O)C[C@H]4c3ccncc3)sc2c1. The predicted octanol–water partition coefficient (Wildman–Crippen LogP) is 3.67. The Hall–Kier alpha value is -3.26. The smallest absolute Gasteiger partial charge is 0.226 e. The molecule has 0 saturated carbocycles. The van der Waals surface area contributed by atoms with E-state index in [-0.39, 0.29) is 11.8 Å². The molecule has 1 amide bonds. The number of anilines is 1. The van der Waals surface area contributed by atoms with Gasteiger partial charge in [-0.25, -0.2) is 4.98 Å². The maximum Gasteiger partial charge on any atom is 0.226 e. The molecule has 1 aliphatic rings. The van der Waals surface area contributed by atoms with Crippen LogP contribution in [-0.2, 0) is 4.79 Å². The molecule has 3 aromatic heterocycles. The molecule has 4 aromatic rings. The van der Waals surface area contributed by atoms with Crippen LogP contribution < -0.4 is 10.1 Å². The number of amides is 1. The zero-order chi connectivity index (χ0) is 19.3. The minimum Gasteiger partial charge on any atom is -0.497 e. The van der Waals surface area contributed by atoms with Gasteiger partial charge in [-0.1, -0.05) is 11.3 Å². The van der Waals surface area contributed by atoms with Crippen LogP contribution in [0.5, 0.6) is 5.75 Å². The Morgan fingerprint density at radius 1 is 1.25 bits per heavy atom. The Morgan fingerprint density at radius 3 is 2.86 bits per heavy atom. The average Bonchev–Trinajstić information content (AvgIpc) is 3.28. The van der Waals surface area contributed by atoms with Crippen molar-refractivity contribution in [3.63, 3.8) is 0 Å². The Kier molecular flexibility index (Phi) is 3.87. The summed E-state index contributed by atoms with van der Waals surface area (Å²) >= 11 is 1.51. The molecule has 0 spiro atoms. The van der Waals surface area contributed by atoms with Gasteiger partial charge in [-0.3, -0.25) is 9.78 Å². The molecule has 4 heterocycles. The average molecular weight is 391 g/mol. The molecule has 28 heavy (non-hydrogen) atoms. The molecule has 0 radical (unpaired) electrons. The van der Waals surface area contributed by atoms with E-state index < -0.39 is 0 Å². The van der Waals surface area contributed by atoms with Crippen LogP contribution in [-0.4, -0.2) is 32.8 Å². The van der Waals surface area contributed by atoms with Gasteiger partial charge in [0.05, 0.1) is 23.0 Å². The third kappa shape index (κ3) is 2.65. The van der Waals surface area contributed by atoms with Crippen LogP contribution >= 0.6 is 11.3 Å². The maximum absolute atomic E-state index is 12.5. The summed E-state index contributed by atoms with van der Waals surface area (Å²) in [5.74, 6) is 1.40. The lowest BCUT2D eigenvalue weighted by Crippen LogP contribution is -2.24. The van der Waals surface area contributed by atoms with Crippen molar-refractivity contribution in [2.24, 2.45) is 0 Å². The van der Waals surface area contributed by atoms with E-state index in [0.29, 0.717) is 17.4 Å². The van der Waals surface area contributed by atoms with Crippen molar-refractivity contribution in [2.45, 2.75) is 19.3 Å². The first-order valence-corrected chi connectivity index (χ1v) is 9.70. The molecule has 1 N–H and O–H groups in total. The van der Waals surface area contributed by atoms with Gasteiger partial charge in [-0.05, 0) is 42.8 Å². The van der Waals surface area contributed by atoms with Gasteiger partial charge < -0.3 is 10.1 Å². The number of methoxy groups -OCH3 is 1. The van der Waals surface area contributed by atoms with E-state index in [2.05, 4.69) is 10.3 Å². The molecule has 1 aromatic carbocycles. The molecule has 0 saturated heterocycles. The monoisotopic (exact) mass is 391 g/mol. The molecule has 1 atom stereocenters. The molecule has 0 fully saturated rings. The van der Waals surface area contributed by atoms with Gasteiger partial charge in [-0.2, -0.15) is 9.78 Å². The van der Waals surface area contributed by atoms with Crippen molar-refractivity contribution in [1.82, 2.24) is 19.7 Å². The fourth-order valence-electron chi connectivity index (χ4n) is 3.68. The number of thiazole rings is 1. The number of fused-ring (bicyclic) bond motifs is 2. The van der Waals surface area contributed by atoms with Crippen molar-refractivity contribution >= 4 is 33.3 Å². The summed E-state index contributed by atoms with van der Waals surface area (Å²) in [4.78, 5) is 21.3. The number of carbonyl (C=O) groups is 1. The molecule has 0 aliphatic carbocycles. The zero-order valence-corrected chi connectivity index (χ0v) is 16.2. The van der Waals surface area contributed by atoms with Crippen LogP contribution in [0, 0.1) is 6.92 Å². The van der Waals surface area contributed by atoms with Crippen LogP contribution in [0.15, 0.2) is 42.7 Å². The van der Waals surface area contributed by atoms with Crippen molar-refractivity contribution in [3.8, 4) is 10.9 Å². The van der Waals surface area contributed by atoms with Crippen LogP contribution in [0.1, 0.15) is 29.2 Å². The fourth-order valence-corrected chi connectivity index (χ4v) is 4.63. The highest BCUT2D eigenvalue weighted by Gasteiger charge is 2.33. The number of hydrogen-bond donors (Lipinski definition) is 1. The first-order valence-electron chi connectivity index (χ1n) is 8.88. The third-order valence-electron chi connectivity index (χ3n) is 4.98. The second-order valence-electron chi connectivity index (χ2n) is 6.68. The largest absolute Gasteiger partial charge is 0.497 e. The summed E-state index contributed by atoms with van der Waals surface area (Å²) in [7, 11) is 1.64. The van der Waals surface area contributed by atoms with E-state index in [1.807, 2.05) is 37.3 Å². The Bertz CT molecular complexity index is 1200. The number of benzene rings is 1. The van der Waals surface area contributed by atoms with Crippen LogP contribution in [0.4, 0.5) is 5.82 Å². The molecule has 7 nitrogen and oxygen atoms in total. The highest BCUT2D eigenvalue weighted by atomic mass is 32.1. The third-order valence-corrected chi connectivity index (χ3v) is 5.97. The summed E-state index contributed by atoms with van der Waals surface area (Å²) in [5, 5.41) is 8.43. The normalized spacial score (nSPS) is 16.1. The topological polar surface area (TPSA) is 81.9 Å². The lowest BCUT2D eigenvalue weighted by molar-refractivity contribution is -0.116. The first kappa shape index (κ1) is 16.9. The Morgan fingerprint density at radius 2 is 2.07 bits per heavy atom. The molecular weight excluding hydrogens is 374 g/mol. The molecular formula is C20H17N5O2S. The fraction of sp³-hybridized carbons (Fsp3) is 0.200. The second kappa shape index (κ2) is 6.42.